The third kappa shape index (κ3) is 4.37. The zero-order chi connectivity index (χ0) is 15.2. The second-order valence-corrected chi connectivity index (χ2v) is 5.83. The Balaban J connectivity index is 1.97. The van der Waals surface area contributed by atoms with Gasteiger partial charge in [-0.1, -0.05) is 52.3 Å². The van der Waals surface area contributed by atoms with Crippen molar-refractivity contribution in [3.05, 3.63) is 74.2 Å². The Morgan fingerprint density at radius 3 is 2.38 bits per heavy atom. The van der Waals surface area contributed by atoms with E-state index in [1.54, 1.807) is 12.1 Å². The van der Waals surface area contributed by atoms with Gasteiger partial charge in [0.25, 0.3) is 5.69 Å². The average Bonchev–Trinajstić information content (AvgIpc) is 2.48. The molecule has 0 aliphatic rings. The van der Waals surface area contributed by atoms with Gasteiger partial charge in [-0.25, -0.2) is 0 Å². The van der Waals surface area contributed by atoms with Gasteiger partial charge in [0.2, 0.25) is 0 Å². The van der Waals surface area contributed by atoms with Crippen molar-refractivity contribution in [1.82, 2.24) is 0 Å². The number of halogens is 1. The Kier molecular flexibility index (Phi) is 5.47. The normalized spacial score (nSPS) is 12.1. The molecule has 21 heavy (non-hydrogen) atoms. The molecule has 2 N–H and O–H groups in total. The maximum atomic E-state index is 11.0. The lowest BCUT2D eigenvalue weighted by molar-refractivity contribution is -0.385. The molecule has 4 nitrogen and oxygen atoms in total. The van der Waals surface area contributed by atoms with Crippen LogP contribution in [0.15, 0.2) is 53.0 Å². The molecule has 0 amide bonds. The van der Waals surface area contributed by atoms with Crippen LogP contribution in [0.1, 0.15) is 17.5 Å². The Bertz CT molecular complexity index is 631. The third-order valence-electron chi connectivity index (χ3n) is 3.41. The van der Waals surface area contributed by atoms with E-state index >= 15 is 0 Å². The molecule has 110 valence electrons. The van der Waals surface area contributed by atoms with Crippen molar-refractivity contribution in [1.29, 1.82) is 0 Å². The van der Waals surface area contributed by atoms with Crippen molar-refractivity contribution in [3.63, 3.8) is 0 Å². The maximum absolute atomic E-state index is 11.0. The van der Waals surface area contributed by atoms with Gasteiger partial charge in [-0.2, -0.15) is 0 Å². The molecular weight excluding hydrogens is 332 g/mol. The number of para-hydroxylation sites is 1. The van der Waals surface area contributed by atoms with Crippen molar-refractivity contribution in [2.24, 2.45) is 5.73 Å². The first-order valence-corrected chi connectivity index (χ1v) is 7.58. The molecule has 0 aliphatic carbocycles. The summed E-state index contributed by atoms with van der Waals surface area (Å²) in [7, 11) is 0. The number of aryl methyl sites for hydroxylation is 1. The number of nitrogens with two attached hydrogens (primary N) is 1. The van der Waals surface area contributed by atoms with E-state index in [9.17, 15) is 10.1 Å². The van der Waals surface area contributed by atoms with Crippen LogP contribution < -0.4 is 5.73 Å². The second-order valence-electron chi connectivity index (χ2n) is 4.98. The predicted molar refractivity (Wildman–Crippen MR) is 87.2 cm³/mol. The molecule has 0 aromatic heterocycles. The van der Waals surface area contributed by atoms with Gasteiger partial charge in [-0.3, -0.25) is 10.1 Å². The number of hydrogen-bond donors (Lipinski definition) is 1. The molecule has 2 aromatic rings. The van der Waals surface area contributed by atoms with Gasteiger partial charge >= 0.3 is 0 Å². The molecule has 5 heteroatoms. The minimum Gasteiger partial charge on any atom is -0.327 e. The molecule has 1 unspecified atom stereocenters. The van der Waals surface area contributed by atoms with Crippen LogP contribution in [0.5, 0.6) is 0 Å². The standard InChI is InChI=1S/C16H17BrN2O2/c17-15-7-3-1-6-13(15)11-14(18)10-9-12-5-2-4-8-16(12)19(20)21/h1-8,14H,9-11,18H2. The molecule has 0 saturated heterocycles. The molecule has 0 saturated carbocycles. The molecule has 2 rings (SSSR count). The summed E-state index contributed by atoms with van der Waals surface area (Å²) >= 11 is 3.51. The van der Waals surface area contributed by atoms with Crippen LogP contribution in [-0.2, 0) is 12.8 Å². The summed E-state index contributed by atoms with van der Waals surface area (Å²) in [4.78, 5) is 10.6. The lowest BCUT2D eigenvalue weighted by Crippen LogP contribution is -2.23. The Labute approximate surface area is 132 Å². The Morgan fingerprint density at radius 1 is 1.10 bits per heavy atom. The molecule has 0 radical (unpaired) electrons. The molecule has 0 aliphatic heterocycles. The smallest absolute Gasteiger partial charge is 0.272 e. The Morgan fingerprint density at radius 2 is 1.71 bits per heavy atom. The second kappa shape index (κ2) is 7.33. The number of nitro groups is 1. The van der Waals surface area contributed by atoms with Crippen LogP contribution in [0, 0.1) is 10.1 Å². The number of benzene rings is 2. The third-order valence-corrected chi connectivity index (χ3v) is 4.19. The van der Waals surface area contributed by atoms with E-state index in [1.807, 2.05) is 30.3 Å². The molecular formula is C16H17BrN2O2. The van der Waals surface area contributed by atoms with Crippen molar-refractivity contribution >= 4 is 21.6 Å². The molecule has 2 aromatic carbocycles. The van der Waals surface area contributed by atoms with Crippen LogP contribution in [0.4, 0.5) is 5.69 Å². The van der Waals surface area contributed by atoms with E-state index in [-0.39, 0.29) is 16.7 Å². The van der Waals surface area contributed by atoms with E-state index in [4.69, 9.17) is 5.73 Å². The molecule has 1 atom stereocenters. The quantitative estimate of drug-likeness (QED) is 0.636. The summed E-state index contributed by atoms with van der Waals surface area (Å²) in [6.07, 6.45) is 2.08. The molecule has 0 heterocycles. The highest BCUT2D eigenvalue weighted by Gasteiger charge is 2.14. The van der Waals surface area contributed by atoms with Gasteiger partial charge < -0.3 is 5.73 Å². The van der Waals surface area contributed by atoms with Crippen molar-refractivity contribution < 1.29 is 4.92 Å². The SMILES string of the molecule is NC(CCc1ccccc1[N+](=O)[O-])Cc1ccccc1Br. The highest BCUT2D eigenvalue weighted by atomic mass is 79.9. The van der Waals surface area contributed by atoms with Gasteiger partial charge in [0.15, 0.2) is 0 Å². The van der Waals surface area contributed by atoms with Crippen molar-refractivity contribution in [3.8, 4) is 0 Å². The van der Waals surface area contributed by atoms with Gasteiger partial charge in [0.05, 0.1) is 4.92 Å². The summed E-state index contributed by atoms with van der Waals surface area (Å²) in [5, 5.41) is 11.0. The maximum Gasteiger partial charge on any atom is 0.272 e. The van der Waals surface area contributed by atoms with Crippen LogP contribution in [-0.4, -0.2) is 11.0 Å². The summed E-state index contributed by atoms with van der Waals surface area (Å²) in [5.74, 6) is 0. The largest absolute Gasteiger partial charge is 0.327 e. The van der Waals surface area contributed by atoms with E-state index in [1.165, 1.54) is 6.07 Å². The van der Waals surface area contributed by atoms with Crippen molar-refractivity contribution in [2.45, 2.75) is 25.3 Å². The summed E-state index contributed by atoms with van der Waals surface area (Å²) in [6, 6.07) is 14.8. The number of nitro benzene ring substituents is 1. The zero-order valence-electron chi connectivity index (χ0n) is 11.5. The topological polar surface area (TPSA) is 69.2 Å². The first-order valence-electron chi connectivity index (χ1n) is 6.79. The van der Waals surface area contributed by atoms with Crippen LogP contribution in [0.2, 0.25) is 0 Å². The highest BCUT2D eigenvalue weighted by Crippen LogP contribution is 2.21. The summed E-state index contributed by atoms with van der Waals surface area (Å²) in [6.45, 7) is 0. The Hall–Kier alpha value is -1.72. The fraction of sp³-hybridized carbons (Fsp3) is 0.250. The van der Waals surface area contributed by atoms with Gasteiger partial charge in [-0.05, 0) is 30.9 Å². The average molecular weight is 349 g/mol. The summed E-state index contributed by atoms with van der Waals surface area (Å²) < 4.78 is 1.05. The van der Waals surface area contributed by atoms with E-state index in [0.717, 1.165) is 22.0 Å². The van der Waals surface area contributed by atoms with Gasteiger partial charge in [-0.15, -0.1) is 0 Å². The van der Waals surface area contributed by atoms with Crippen molar-refractivity contribution in [2.75, 3.05) is 0 Å². The van der Waals surface area contributed by atoms with Gasteiger partial charge in [0.1, 0.15) is 0 Å². The summed E-state index contributed by atoms with van der Waals surface area (Å²) in [5.41, 5.74) is 8.23. The van der Waals surface area contributed by atoms with Crippen LogP contribution in [0.25, 0.3) is 0 Å². The van der Waals surface area contributed by atoms with Crippen LogP contribution in [0.3, 0.4) is 0 Å². The number of hydrogen-bond acceptors (Lipinski definition) is 3. The minimum atomic E-state index is -0.339. The molecule has 0 fully saturated rings. The van der Waals surface area contributed by atoms with E-state index < -0.39 is 0 Å². The lowest BCUT2D eigenvalue weighted by atomic mass is 9.99. The molecule has 0 spiro atoms. The first-order chi connectivity index (χ1) is 10.1. The predicted octanol–water partition coefficient (Wildman–Crippen LogP) is 3.86. The monoisotopic (exact) mass is 348 g/mol. The fourth-order valence-corrected chi connectivity index (χ4v) is 2.74. The number of nitrogens with zero attached hydrogens (tertiary/aromatic N) is 1. The minimum absolute atomic E-state index is 0.0245. The highest BCUT2D eigenvalue weighted by molar-refractivity contribution is 9.10. The van der Waals surface area contributed by atoms with E-state index in [0.29, 0.717) is 12.8 Å². The van der Waals surface area contributed by atoms with Crippen LogP contribution >= 0.6 is 15.9 Å². The van der Waals surface area contributed by atoms with Gasteiger partial charge in [0, 0.05) is 22.1 Å². The lowest BCUT2D eigenvalue weighted by Gasteiger charge is -2.13. The fourth-order valence-electron chi connectivity index (χ4n) is 2.29. The number of rotatable bonds is 6. The first kappa shape index (κ1) is 15.7. The molecule has 0 bridgehead atoms. The van der Waals surface area contributed by atoms with E-state index in [2.05, 4.69) is 15.9 Å². The zero-order valence-corrected chi connectivity index (χ0v) is 13.1.